The lowest BCUT2D eigenvalue weighted by atomic mass is 10.1. The second kappa shape index (κ2) is 6.26. The maximum absolute atomic E-state index is 12.6. The highest BCUT2D eigenvalue weighted by Crippen LogP contribution is 2.28. The van der Waals surface area contributed by atoms with E-state index in [1.807, 2.05) is 0 Å². The molecule has 22 heavy (non-hydrogen) atoms. The van der Waals surface area contributed by atoms with Crippen molar-refractivity contribution < 1.29 is 14.7 Å². The van der Waals surface area contributed by atoms with Crippen molar-refractivity contribution in [2.24, 2.45) is 5.92 Å². The van der Waals surface area contributed by atoms with Crippen LogP contribution in [0.5, 0.6) is 0 Å². The topological polar surface area (TPSA) is 60.9 Å². The summed E-state index contributed by atoms with van der Waals surface area (Å²) >= 11 is 6.18. The van der Waals surface area contributed by atoms with Crippen LogP contribution in [0.4, 0.5) is 5.69 Å². The summed E-state index contributed by atoms with van der Waals surface area (Å²) in [6, 6.07) is 5.17. The van der Waals surface area contributed by atoms with Crippen molar-refractivity contribution in [3.63, 3.8) is 0 Å². The molecule has 5 nitrogen and oxygen atoms in total. The Morgan fingerprint density at radius 1 is 1.36 bits per heavy atom. The van der Waals surface area contributed by atoms with Gasteiger partial charge in [-0.15, -0.1) is 0 Å². The maximum atomic E-state index is 12.6. The molecular formula is C16H19ClN2O3. The minimum atomic E-state index is -0.130. The number of amides is 2. The van der Waals surface area contributed by atoms with Crippen molar-refractivity contribution in [3.8, 4) is 0 Å². The van der Waals surface area contributed by atoms with Crippen molar-refractivity contribution >= 4 is 29.1 Å². The Morgan fingerprint density at radius 2 is 2.18 bits per heavy atom. The highest BCUT2D eigenvalue weighted by molar-refractivity contribution is 6.34. The summed E-state index contributed by atoms with van der Waals surface area (Å²) in [7, 11) is 0. The molecule has 1 aromatic rings. The van der Waals surface area contributed by atoms with Crippen molar-refractivity contribution in [1.29, 1.82) is 0 Å². The number of aliphatic hydroxyl groups excluding tert-OH is 1. The lowest BCUT2D eigenvalue weighted by molar-refractivity contribution is -0.117. The summed E-state index contributed by atoms with van der Waals surface area (Å²) in [6.07, 6.45) is 2.20. The van der Waals surface area contributed by atoms with Gasteiger partial charge in [-0.05, 0) is 31.0 Å². The molecule has 1 atom stereocenters. The van der Waals surface area contributed by atoms with Gasteiger partial charge in [-0.3, -0.25) is 9.59 Å². The zero-order valence-corrected chi connectivity index (χ0v) is 13.1. The Hall–Kier alpha value is -1.59. The average molecular weight is 323 g/mol. The van der Waals surface area contributed by atoms with E-state index in [-0.39, 0.29) is 24.3 Å². The SMILES string of the molecule is O=C(c1cc(N2CCCC2=O)ccc1Cl)N1CCC(CO)C1. The molecule has 2 amide bonds. The van der Waals surface area contributed by atoms with Gasteiger partial charge >= 0.3 is 0 Å². The Bertz CT molecular complexity index is 605. The number of rotatable bonds is 3. The molecule has 0 spiro atoms. The number of nitrogens with zero attached hydrogens (tertiary/aromatic N) is 2. The molecule has 0 radical (unpaired) electrons. The summed E-state index contributed by atoms with van der Waals surface area (Å²) in [5, 5.41) is 9.60. The number of halogens is 1. The van der Waals surface area contributed by atoms with Gasteiger partial charge < -0.3 is 14.9 Å². The highest BCUT2D eigenvalue weighted by Gasteiger charge is 2.29. The Labute approximate surface area is 134 Å². The molecule has 0 bridgehead atoms. The number of benzene rings is 1. The van der Waals surface area contributed by atoms with Gasteiger partial charge in [0.05, 0.1) is 10.6 Å². The molecule has 6 heteroatoms. The van der Waals surface area contributed by atoms with Crippen molar-refractivity contribution in [2.75, 3.05) is 31.1 Å². The largest absolute Gasteiger partial charge is 0.396 e. The van der Waals surface area contributed by atoms with Crippen LogP contribution in [-0.4, -0.2) is 48.1 Å². The molecule has 2 heterocycles. The Morgan fingerprint density at radius 3 is 2.82 bits per heavy atom. The van der Waals surface area contributed by atoms with Crippen LogP contribution >= 0.6 is 11.6 Å². The van der Waals surface area contributed by atoms with Gasteiger partial charge in [-0.25, -0.2) is 0 Å². The van der Waals surface area contributed by atoms with Crippen LogP contribution < -0.4 is 4.90 Å². The van der Waals surface area contributed by atoms with E-state index in [1.54, 1.807) is 28.0 Å². The van der Waals surface area contributed by atoms with E-state index in [9.17, 15) is 14.7 Å². The van der Waals surface area contributed by atoms with E-state index in [0.29, 0.717) is 36.6 Å². The van der Waals surface area contributed by atoms with Crippen LogP contribution in [0, 0.1) is 5.92 Å². The van der Waals surface area contributed by atoms with Gasteiger partial charge in [-0.1, -0.05) is 11.6 Å². The first-order valence-electron chi connectivity index (χ1n) is 7.60. The summed E-state index contributed by atoms with van der Waals surface area (Å²) in [5.74, 6) is 0.0998. The first-order chi connectivity index (χ1) is 10.6. The third-order valence-corrected chi connectivity index (χ3v) is 4.73. The summed E-state index contributed by atoms with van der Waals surface area (Å²) in [4.78, 5) is 27.9. The monoisotopic (exact) mass is 322 g/mol. The molecule has 0 aromatic heterocycles. The molecule has 2 aliphatic heterocycles. The minimum absolute atomic E-state index is 0.0854. The van der Waals surface area contributed by atoms with Crippen LogP contribution in [0.15, 0.2) is 18.2 Å². The van der Waals surface area contributed by atoms with Crippen LogP contribution in [0.1, 0.15) is 29.6 Å². The number of carbonyl (C=O) groups is 2. The third-order valence-electron chi connectivity index (χ3n) is 4.40. The fraction of sp³-hybridized carbons (Fsp3) is 0.500. The minimum Gasteiger partial charge on any atom is -0.396 e. The quantitative estimate of drug-likeness (QED) is 0.925. The number of aliphatic hydroxyl groups is 1. The fourth-order valence-corrected chi connectivity index (χ4v) is 3.30. The predicted octanol–water partition coefficient (Wildman–Crippen LogP) is 1.92. The second-order valence-corrected chi connectivity index (χ2v) is 6.31. The number of anilines is 1. The van der Waals surface area contributed by atoms with E-state index >= 15 is 0 Å². The van der Waals surface area contributed by atoms with Crippen LogP contribution in [0.3, 0.4) is 0 Å². The summed E-state index contributed by atoms with van der Waals surface area (Å²) < 4.78 is 0. The first-order valence-corrected chi connectivity index (χ1v) is 7.98. The normalized spacial score (nSPS) is 21.7. The van der Waals surface area contributed by atoms with Gasteiger partial charge in [0.15, 0.2) is 0 Å². The van der Waals surface area contributed by atoms with Crippen LogP contribution in [0.2, 0.25) is 5.02 Å². The summed E-state index contributed by atoms with van der Waals surface area (Å²) in [5.41, 5.74) is 1.16. The lowest BCUT2D eigenvalue weighted by Gasteiger charge is -2.20. The van der Waals surface area contributed by atoms with E-state index < -0.39 is 0 Å². The summed E-state index contributed by atoms with van der Waals surface area (Å²) in [6.45, 7) is 1.97. The number of carbonyl (C=O) groups excluding carboxylic acids is 2. The molecule has 1 aromatic carbocycles. The lowest BCUT2D eigenvalue weighted by Crippen LogP contribution is -2.30. The molecule has 0 saturated carbocycles. The van der Waals surface area contributed by atoms with E-state index in [2.05, 4.69) is 0 Å². The van der Waals surface area contributed by atoms with Gasteiger partial charge in [0, 0.05) is 44.3 Å². The molecule has 1 unspecified atom stereocenters. The first kappa shape index (κ1) is 15.3. The molecule has 1 N–H and O–H groups in total. The van der Waals surface area contributed by atoms with Crippen LogP contribution in [-0.2, 0) is 4.79 Å². The number of hydrogen-bond donors (Lipinski definition) is 1. The van der Waals surface area contributed by atoms with Crippen LogP contribution in [0.25, 0.3) is 0 Å². The molecule has 2 fully saturated rings. The highest BCUT2D eigenvalue weighted by atomic mass is 35.5. The van der Waals surface area contributed by atoms with Gasteiger partial charge in [0.25, 0.3) is 5.91 Å². The smallest absolute Gasteiger partial charge is 0.255 e. The van der Waals surface area contributed by atoms with E-state index in [1.165, 1.54) is 0 Å². The number of hydrogen-bond acceptors (Lipinski definition) is 3. The van der Waals surface area contributed by atoms with E-state index in [0.717, 1.165) is 18.5 Å². The molecular weight excluding hydrogens is 304 g/mol. The van der Waals surface area contributed by atoms with Gasteiger partial charge in [0.1, 0.15) is 0 Å². The second-order valence-electron chi connectivity index (χ2n) is 5.90. The predicted molar refractivity (Wildman–Crippen MR) is 84.1 cm³/mol. The molecule has 2 aliphatic rings. The standard InChI is InChI=1S/C16H19ClN2O3/c17-14-4-3-12(19-6-1-2-15(19)21)8-13(14)16(22)18-7-5-11(9-18)10-20/h3-4,8,11,20H,1-2,5-7,9-10H2. The van der Waals surface area contributed by atoms with E-state index in [4.69, 9.17) is 11.6 Å². The zero-order valence-electron chi connectivity index (χ0n) is 12.3. The van der Waals surface area contributed by atoms with Gasteiger partial charge in [-0.2, -0.15) is 0 Å². The molecule has 2 saturated heterocycles. The van der Waals surface area contributed by atoms with Crippen molar-refractivity contribution in [2.45, 2.75) is 19.3 Å². The van der Waals surface area contributed by atoms with Crippen molar-refractivity contribution in [3.05, 3.63) is 28.8 Å². The van der Waals surface area contributed by atoms with Gasteiger partial charge in [0.2, 0.25) is 5.91 Å². The fourth-order valence-electron chi connectivity index (χ4n) is 3.10. The Kier molecular flexibility index (Phi) is 4.36. The number of likely N-dealkylation sites (tertiary alicyclic amines) is 1. The zero-order chi connectivity index (χ0) is 15.7. The van der Waals surface area contributed by atoms with Crippen molar-refractivity contribution in [1.82, 2.24) is 4.90 Å². The molecule has 3 rings (SSSR count). The molecule has 118 valence electrons. The Balaban J connectivity index is 1.83. The average Bonchev–Trinajstić information content (AvgIpc) is 3.16. The third kappa shape index (κ3) is 2.83. The maximum Gasteiger partial charge on any atom is 0.255 e. The molecule has 0 aliphatic carbocycles.